The van der Waals surface area contributed by atoms with Crippen molar-refractivity contribution in [1.82, 2.24) is 5.32 Å². The van der Waals surface area contributed by atoms with Crippen molar-refractivity contribution in [2.24, 2.45) is 0 Å². The molecular weight excluding hydrogens is 218 g/mol. The van der Waals surface area contributed by atoms with Crippen LogP contribution in [0, 0.1) is 0 Å². The minimum Gasteiger partial charge on any atom is -0.380 e. The third-order valence-corrected chi connectivity index (χ3v) is 3.58. The van der Waals surface area contributed by atoms with Crippen LogP contribution < -0.4 is 5.32 Å². The first kappa shape index (κ1) is 13.7. The Kier molecular flexibility index (Phi) is 6.69. The highest BCUT2D eigenvalue weighted by Gasteiger charge is 2.19. The van der Waals surface area contributed by atoms with E-state index in [9.17, 15) is 0 Å². The van der Waals surface area contributed by atoms with E-state index in [4.69, 9.17) is 4.74 Å². The van der Waals surface area contributed by atoms with E-state index in [-0.39, 0.29) is 0 Å². The van der Waals surface area contributed by atoms with Crippen molar-refractivity contribution in [3.63, 3.8) is 0 Å². The lowest BCUT2D eigenvalue weighted by atomic mass is 10.0. The fourth-order valence-electron chi connectivity index (χ4n) is 1.94. The normalized spacial score (nSPS) is 14.9. The zero-order valence-corrected chi connectivity index (χ0v) is 11.3. The van der Waals surface area contributed by atoms with E-state index in [1.165, 1.54) is 12.0 Å². The highest BCUT2D eigenvalue weighted by molar-refractivity contribution is 7.07. The molecule has 0 aliphatic rings. The molecular formula is C13H23NOS. The minimum atomic E-state index is 0.312. The van der Waals surface area contributed by atoms with Gasteiger partial charge in [-0.25, -0.2) is 0 Å². The maximum atomic E-state index is 5.55. The summed E-state index contributed by atoms with van der Waals surface area (Å²) in [5.74, 6) is 0. The summed E-state index contributed by atoms with van der Waals surface area (Å²) >= 11 is 1.76. The molecule has 1 aromatic rings. The summed E-state index contributed by atoms with van der Waals surface area (Å²) in [7, 11) is 1.81. The molecule has 2 unspecified atom stereocenters. The summed E-state index contributed by atoms with van der Waals surface area (Å²) in [6, 6.07) is 2.64. The molecule has 0 aliphatic heterocycles. The number of hydrogen-bond donors (Lipinski definition) is 1. The topological polar surface area (TPSA) is 21.3 Å². The predicted octanol–water partition coefficient (Wildman–Crippen LogP) is 3.08. The molecule has 92 valence electrons. The molecule has 0 bridgehead atoms. The van der Waals surface area contributed by atoms with E-state index >= 15 is 0 Å². The maximum absolute atomic E-state index is 5.55. The lowest BCUT2D eigenvalue weighted by Crippen LogP contribution is -2.42. The van der Waals surface area contributed by atoms with Gasteiger partial charge in [0.15, 0.2) is 0 Å². The summed E-state index contributed by atoms with van der Waals surface area (Å²) < 4.78 is 5.55. The van der Waals surface area contributed by atoms with Gasteiger partial charge in [-0.2, -0.15) is 11.3 Å². The molecule has 16 heavy (non-hydrogen) atoms. The summed E-state index contributed by atoms with van der Waals surface area (Å²) in [4.78, 5) is 0. The molecule has 2 nitrogen and oxygen atoms in total. The van der Waals surface area contributed by atoms with E-state index in [1.807, 2.05) is 7.11 Å². The second kappa shape index (κ2) is 7.82. The molecule has 0 aromatic carbocycles. The van der Waals surface area contributed by atoms with Crippen LogP contribution >= 0.6 is 11.3 Å². The fraction of sp³-hybridized carbons (Fsp3) is 0.692. The van der Waals surface area contributed by atoms with E-state index in [1.54, 1.807) is 11.3 Å². The standard InChI is InChI=1S/C13H23NOS/c1-4-7-14-12(13(5-2)15-3)9-11-6-8-16-10-11/h6,8,10,12-14H,4-5,7,9H2,1-3H3. The first-order valence-corrected chi connectivity index (χ1v) is 7.03. The van der Waals surface area contributed by atoms with Crippen LogP contribution in [0.3, 0.4) is 0 Å². The summed E-state index contributed by atoms with van der Waals surface area (Å²) in [5.41, 5.74) is 1.41. The Morgan fingerprint density at radius 1 is 1.44 bits per heavy atom. The largest absolute Gasteiger partial charge is 0.380 e. The van der Waals surface area contributed by atoms with Crippen molar-refractivity contribution in [2.45, 2.75) is 45.3 Å². The van der Waals surface area contributed by atoms with Gasteiger partial charge in [-0.3, -0.25) is 0 Å². The average molecular weight is 241 g/mol. The smallest absolute Gasteiger partial charge is 0.0724 e. The molecule has 0 saturated heterocycles. The number of nitrogens with one attached hydrogen (secondary N) is 1. The molecule has 1 heterocycles. The van der Waals surface area contributed by atoms with E-state index in [2.05, 4.69) is 36.0 Å². The highest BCUT2D eigenvalue weighted by atomic mass is 32.1. The molecule has 1 aromatic heterocycles. The van der Waals surface area contributed by atoms with Crippen molar-refractivity contribution in [3.8, 4) is 0 Å². The molecule has 0 radical (unpaired) electrons. The van der Waals surface area contributed by atoms with Crippen LogP contribution in [0.4, 0.5) is 0 Å². The summed E-state index contributed by atoms with van der Waals surface area (Å²) in [5, 5.41) is 7.95. The van der Waals surface area contributed by atoms with Gasteiger partial charge in [0, 0.05) is 13.2 Å². The second-order valence-electron chi connectivity index (χ2n) is 4.08. The molecule has 1 N–H and O–H groups in total. The molecule has 0 fully saturated rings. The van der Waals surface area contributed by atoms with E-state index < -0.39 is 0 Å². The third kappa shape index (κ3) is 4.24. The van der Waals surface area contributed by atoms with E-state index in [0.29, 0.717) is 12.1 Å². The van der Waals surface area contributed by atoms with Crippen LogP contribution in [0.15, 0.2) is 16.8 Å². The van der Waals surface area contributed by atoms with Crippen LogP contribution in [0.5, 0.6) is 0 Å². The van der Waals surface area contributed by atoms with Crippen molar-refractivity contribution in [1.29, 1.82) is 0 Å². The van der Waals surface area contributed by atoms with Gasteiger partial charge in [0.1, 0.15) is 0 Å². The van der Waals surface area contributed by atoms with Gasteiger partial charge in [-0.15, -0.1) is 0 Å². The Hall–Kier alpha value is -0.380. The monoisotopic (exact) mass is 241 g/mol. The highest BCUT2D eigenvalue weighted by Crippen LogP contribution is 2.13. The molecule has 0 saturated carbocycles. The maximum Gasteiger partial charge on any atom is 0.0724 e. The third-order valence-electron chi connectivity index (χ3n) is 2.85. The van der Waals surface area contributed by atoms with Crippen LogP contribution in [-0.4, -0.2) is 25.8 Å². The van der Waals surface area contributed by atoms with Crippen molar-refractivity contribution >= 4 is 11.3 Å². The van der Waals surface area contributed by atoms with E-state index in [0.717, 1.165) is 19.4 Å². The second-order valence-corrected chi connectivity index (χ2v) is 4.86. The summed E-state index contributed by atoms with van der Waals surface area (Å²) in [6.07, 6.45) is 3.60. The first-order chi connectivity index (χ1) is 7.81. The Morgan fingerprint density at radius 2 is 2.25 bits per heavy atom. The molecule has 0 spiro atoms. The van der Waals surface area contributed by atoms with Gasteiger partial charge < -0.3 is 10.1 Å². The zero-order chi connectivity index (χ0) is 11.8. The molecule has 2 atom stereocenters. The Labute approximate surface area is 103 Å². The molecule has 0 aliphatic carbocycles. The van der Waals surface area contributed by atoms with Crippen molar-refractivity contribution < 1.29 is 4.74 Å². The van der Waals surface area contributed by atoms with Gasteiger partial charge >= 0.3 is 0 Å². The number of ether oxygens (including phenoxy) is 1. The van der Waals surface area contributed by atoms with Crippen molar-refractivity contribution in [3.05, 3.63) is 22.4 Å². The summed E-state index contributed by atoms with van der Waals surface area (Å²) in [6.45, 7) is 5.44. The predicted molar refractivity (Wildman–Crippen MR) is 71.2 cm³/mol. The van der Waals surface area contributed by atoms with Crippen LogP contribution in [0.2, 0.25) is 0 Å². The zero-order valence-electron chi connectivity index (χ0n) is 10.5. The van der Waals surface area contributed by atoms with Crippen molar-refractivity contribution in [2.75, 3.05) is 13.7 Å². The number of rotatable bonds is 8. The Balaban J connectivity index is 2.55. The lowest BCUT2D eigenvalue weighted by molar-refractivity contribution is 0.0654. The number of hydrogen-bond acceptors (Lipinski definition) is 3. The van der Waals surface area contributed by atoms with Crippen LogP contribution in [0.1, 0.15) is 32.3 Å². The van der Waals surface area contributed by atoms with Gasteiger partial charge in [0.2, 0.25) is 0 Å². The first-order valence-electron chi connectivity index (χ1n) is 6.09. The van der Waals surface area contributed by atoms with Gasteiger partial charge in [-0.05, 0) is 48.2 Å². The quantitative estimate of drug-likeness (QED) is 0.755. The lowest BCUT2D eigenvalue weighted by Gasteiger charge is -2.26. The molecule has 3 heteroatoms. The van der Waals surface area contributed by atoms with Crippen LogP contribution in [-0.2, 0) is 11.2 Å². The minimum absolute atomic E-state index is 0.312. The van der Waals surface area contributed by atoms with Gasteiger partial charge in [0.25, 0.3) is 0 Å². The van der Waals surface area contributed by atoms with Gasteiger partial charge in [-0.1, -0.05) is 13.8 Å². The van der Waals surface area contributed by atoms with Gasteiger partial charge in [0.05, 0.1) is 6.10 Å². The fourth-order valence-corrected chi connectivity index (χ4v) is 2.62. The average Bonchev–Trinajstić information content (AvgIpc) is 2.80. The molecule has 1 rings (SSSR count). The Morgan fingerprint density at radius 3 is 2.75 bits per heavy atom. The van der Waals surface area contributed by atoms with Crippen LogP contribution in [0.25, 0.3) is 0 Å². The number of methoxy groups -OCH3 is 1. The molecule has 0 amide bonds. The number of thiophene rings is 1. The SMILES string of the molecule is CCCNC(Cc1ccsc1)C(CC)OC. The Bertz CT molecular complexity index is 257.